The molecule has 0 saturated heterocycles. The Morgan fingerprint density at radius 2 is 2.24 bits per heavy atom. The Kier molecular flexibility index (Phi) is 2.15. The lowest BCUT2D eigenvalue weighted by atomic mass is 10.2. The van der Waals surface area contributed by atoms with Crippen LogP contribution < -0.4 is 5.76 Å². The third-order valence-corrected chi connectivity index (χ3v) is 3.00. The van der Waals surface area contributed by atoms with Crippen molar-refractivity contribution in [2.75, 3.05) is 0 Å². The second kappa shape index (κ2) is 3.56. The molecule has 3 rings (SSSR count). The number of hydrogen-bond acceptors (Lipinski definition) is 3. The fraction of sp³-hybridized carbons (Fsp3) is 0. The Morgan fingerprint density at radius 1 is 1.41 bits per heavy atom. The molecule has 0 atom stereocenters. The number of halogens is 2. The van der Waals surface area contributed by atoms with Gasteiger partial charge in [0.05, 0.1) is 10.0 Å². The minimum absolute atomic E-state index is 0.166. The summed E-state index contributed by atoms with van der Waals surface area (Å²) in [5.74, 6) is -0.829. The molecule has 7 heteroatoms. The van der Waals surface area contributed by atoms with Crippen molar-refractivity contribution >= 4 is 26.8 Å². The highest BCUT2D eigenvalue weighted by molar-refractivity contribution is 9.10. The van der Waals surface area contributed by atoms with Gasteiger partial charge < -0.3 is 9.40 Å². The molecule has 0 aliphatic carbocycles. The fourth-order valence-corrected chi connectivity index (χ4v) is 1.98. The van der Waals surface area contributed by atoms with Crippen molar-refractivity contribution < 1.29 is 8.81 Å². The Hall–Kier alpha value is -1.89. The molecule has 0 saturated carbocycles. The van der Waals surface area contributed by atoms with Gasteiger partial charge in [0.2, 0.25) is 0 Å². The molecular weight excluding hydrogens is 293 g/mol. The van der Waals surface area contributed by atoms with Gasteiger partial charge in [0.15, 0.2) is 0 Å². The van der Waals surface area contributed by atoms with Crippen LogP contribution in [0.5, 0.6) is 0 Å². The molecule has 2 N–H and O–H groups in total. The number of nitrogens with one attached hydrogen (secondary N) is 2. The van der Waals surface area contributed by atoms with E-state index in [1.165, 1.54) is 6.07 Å². The number of H-pyrrole nitrogens is 2. The fourth-order valence-electron chi connectivity index (χ4n) is 1.64. The van der Waals surface area contributed by atoms with Crippen LogP contribution in [0.2, 0.25) is 0 Å². The summed E-state index contributed by atoms with van der Waals surface area (Å²) in [6, 6.07) is 2.96. The first-order chi connectivity index (χ1) is 8.15. The van der Waals surface area contributed by atoms with E-state index < -0.39 is 5.76 Å². The zero-order chi connectivity index (χ0) is 12.0. The summed E-state index contributed by atoms with van der Waals surface area (Å²) in [7, 11) is 0. The summed E-state index contributed by atoms with van der Waals surface area (Å²) in [6.07, 6.45) is 1.61. The number of benzene rings is 1. The van der Waals surface area contributed by atoms with Gasteiger partial charge in [-0.1, -0.05) is 0 Å². The molecule has 2 aromatic heterocycles. The van der Waals surface area contributed by atoms with Crippen LogP contribution in [0.4, 0.5) is 4.39 Å². The number of hydrogen-bond donors (Lipinski definition) is 2. The number of fused-ring (bicyclic) bond motifs is 1. The average Bonchev–Trinajstić information content (AvgIpc) is 2.86. The maximum atomic E-state index is 13.3. The summed E-state index contributed by atoms with van der Waals surface area (Å²) >= 11 is 3.10. The van der Waals surface area contributed by atoms with Gasteiger partial charge in [-0.3, -0.25) is 0 Å². The number of nitrogens with zero attached hydrogens (tertiary/aromatic N) is 1. The molecule has 0 unspecified atom stereocenters. The molecule has 0 aliphatic heterocycles. The summed E-state index contributed by atoms with van der Waals surface area (Å²) in [5, 5.41) is 6.62. The summed E-state index contributed by atoms with van der Waals surface area (Å²) < 4.78 is 18.5. The van der Waals surface area contributed by atoms with E-state index in [0.29, 0.717) is 20.9 Å². The molecular formula is C10H5BrFN3O2. The predicted molar refractivity (Wildman–Crippen MR) is 62.1 cm³/mol. The molecule has 86 valence electrons. The second-order valence-corrected chi connectivity index (χ2v) is 4.29. The second-order valence-electron chi connectivity index (χ2n) is 3.43. The minimum Gasteiger partial charge on any atom is -0.388 e. The average molecular weight is 298 g/mol. The highest BCUT2D eigenvalue weighted by atomic mass is 79.9. The lowest BCUT2D eigenvalue weighted by Gasteiger charge is -1.96. The first kappa shape index (κ1) is 10.3. The first-order valence-electron chi connectivity index (χ1n) is 4.67. The number of aromatic amines is 2. The Morgan fingerprint density at radius 3 is 2.94 bits per heavy atom. The molecule has 0 fully saturated rings. The highest BCUT2D eigenvalue weighted by Crippen LogP contribution is 2.30. The predicted octanol–water partition coefficient (Wildman–Crippen LogP) is 2.41. The molecule has 0 aliphatic rings. The summed E-state index contributed by atoms with van der Waals surface area (Å²) in [4.78, 5) is 13.8. The summed E-state index contributed by atoms with van der Waals surface area (Å²) in [6.45, 7) is 0. The van der Waals surface area contributed by atoms with Crippen molar-refractivity contribution in [3.8, 4) is 11.5 Å². The lowest BCUT2D eigenvalue weighted by Crippen LogP contribution is -1.93. The molecule has 3 aromatic rings. The lowest BCUT2D eigenvalue weighted by molar-refractivity contribution is 0.527. The van der Waals surface area contributed by atoms with Gasteiger partial charge in [0.1, 0.15) is 5.82 Å². The minimum atomic E-state index is -0.629. The van der Waals surface area contributed by atoms with Gasteiger partial charge >= 0.3 is 5.76 Å². The number of aromatic nitrogens is 3. The van der Waals surface area contributed by atoms with E-state index >= 15 is 0 Å². The zero-order valence-electron chi connectivity index (χ0n) is 8.25. The topological polar surface area (TPSA) is 74.7 Å². The van der Waals surface area contributed by atoms with E-state index in [0.717, 1.165) is 0 Å². The first-order valence-corrected chi connectivity index (χ1v) is 5.46. The Bertz CT molecular complexity index is 758. The van der Waals surface area contributed by atoms with Crippen molar-refractivity contribution in [2.24, 2.45) is 0 Å². The molecule has 17 heavy (non-hydrogen) atoms. The molecule has 0 amide bonds. The highest BCUT2D eigenvalue weighted by Gasteiger charge is 2.13. The third kappa shape index (κ3) is 1.59. The van der Waals surface area contributed by atoms with Gasteiger partial charge in [-0.2, -0.15) is 0 Å². The molecule has 1 aromatic carbocycles. The van der Waals surface area contributed by atoms with E-state index in [1.807, 2.05) is 0 Å². The standard InChI is InChI=1S/C10H5BrFN3O2/c11-6-1-4-5(9-14-15-10(16)17-9)3-13-8(4)2-7(6)12/h1-3,13H,(H,15,16). The van der Waals surface area contributed by atoms with Crippen molar-refractivity contribution in [1.29, 1.82) is 0 Å². The van der Waals surface area contributed by atoms with Crippen molar-refractivity contribution in [3.05, 3.63) is 39.2 Å². The van der Waals surface area contributed by atoms with E-state index in [-0.39, 0.29) is 11.7 Å². The van der Waals surface area contributed by atoms with Crippen molar-refractivity contribution in [3.63, 3.8) is 0 Å². The van der Waals surface area contributed by atoms with Crippen LogP contribution in [-0.2, 0) is 0 Å². The number of rotatable bonds is 1. The van der Waals surface area contributed by atoms with Gasteiger partial charge in [-0.15, -0.1) is 5.10 Å². The molecule has 0 radical (unpaired) electrons. The zero-order valence-corrected chi connectivity index (χ0v) is 9.84. The van der Waals surface area contributed by atoms with Gasteiger partial charge in [0, 0.05) is 17.1 Å². The third-order valence-electron chi connectivity index (χ3n) is 2.39. The normalized spacial score (nSPS) is 11.2. The SMILES string of the molecule is O=c1[nH]nc(-c2c[nH]c3cc(F)c(Br)cc23)o1. The van der Waals surface area contributed by atoms with Crippen LogP contribution in [0.1, 0.15) is 0 Å². The van der Waals surface area contributed by atoms with E-state index in [9.17, 15) is 9.18 Å². The van der Waals surface area contributed by atoms with Crippen LogP contribution in [0.15, 0.2) is 32.0 Å². The molecule has 0 spiro atoms. The van der Waals surface area contributed by atoms with Crippen LogP contribution in [0.3, 0.4) is 0 Å². The maximum absolute atomic E-state index is 13.3. The van der Waals surface area contributed by atoms with Crippen LogP contribution in [0.25, 0.3) is 22.4 Å². The van der Waals surface area contributed by atoms with Gasteiger partial charge in [-0.25, -0.2) is 14.3 Å². The van der Waals surface area contributed by atoms with Gasteiger partial charge in [-0.05, 0) is 28.1 Å². The van der Waals surface area contributed by atoms with E-state index in [4.69, 9.17) is 4.42 Å². The van der Waals surface area contributed by atoms with Crippen molar-refractivity contribution in [1.82, 2.24) is 15.2 Å². The van der Waals surface area contributed by atoms with E-state index in [2.05, 4.69) is 31.1 Å². The summed E-state index contributed by atoms with van der Waals surface area (Å²) in [5.41, 5.74) is 1.20. The molecule has 0 bridgehead atoms. The monoisotopic (exact) mass is 297 g/mol. The van der Waals surface area contributed by atoms with Crippen LogP contribution >= 0.6 is 15.9 Å². The van der Waals surface area contributed by atoms with Crippen LogP contribution in [-0.4, -0.2) is 15.2 Å². The smallest absolute Gasteiger partial charge is 0.388 e. The van der Waals surface area contributed by atoms with Crippen LogP contribution in [0, 0.1) is 5.82 Å². The quantitative estimate of drug-likeness (QED) is 0.724. The maximum Gasteiger partial charge on any atom is 0.434 e. The Balaban J connectivity index is 2.31. The largest absolute Gasteiger partial charge is 0.434 e. The molecule has 2 heterocycles. The molecule has 5 nitrogen and oxygen atoms in total. The van der Waals surface area contributed by atoms with E-state index in [1.54, 1.807) is 12.3 Å². The van der Waals surface area contributed by atoms with Crippen molar-refractivity contribution in [2.45, 2.75) is 0 Å². The van der Waals surface area contributed by atoms with Gasteiger partial charge in [0.25, 0.3) is 5.89 Å². The Labute approximate surface area is 102 Å².